The largest absolute Gasteiger partial charge is 0.469 e. The zero-order valence-electron chi connectivity index (χ0n) is 11.1. The second-order valence-corrected chi connectivity index (χ2v) is 4.97. The Morgan fingerprint density at radius 1 is 1.50 bits per heavy atom. The number of amides is 1. The lowest BCUT2D eigenvalue weighted by molar-refractivity contribution is 0.0933. The first kappa shape index (κ1) is 14.4. The minimum Gasteiger partial charge on any atom is -0.469 e. The van der Waals surface area contributed by atoms with Crippen LogP contribution in [0.15, 0.2) is 34.9 Å². The van der Waals surface area contributed by atoms with E-state index in [0.29, 0.717) is 0 Å². The molecule has 0 bridgehead atoms. The first-order valence-corrected chi connectivity index (χ1v) is 6.69. The van der Waals surface area contributed by atoms with Crippen LogP contribution < -0.4 is 11.1 Å². The van der Waals surface area contributed by atoms with Crippen molar-refractivity contribution in [2.75, 3.05) is 5.73 Å². The normalized spacial score (nSPS) is 12.1. The number of furan rings is 1. The molecule has 0 aliphatic rings. The van der Waals surface area contributed by atoms with Crippen LogP contribution in [0, 0.1) is 0 Å². The fourth-order valence-corrected chi connectivity index (χ4v) is 1.99. The van der Waals surface area contributed by atoms with Crippen molar-refractivity contribution in [1.82, 2.24) is 10.3 Å². The molecule has 1 atom stereocenters. The molecule has 5 nitrogen and oxygen atoms in total. The average Bonchev–Trinajstić information content (AvgIpc) is 2.92. The van der Waals surface area contributed by atoms with Gasteiger partial charge in [-0.15, -0.1) is 0 Å². The monoisotopic (exact) mass is 293 g/mol. The third-order valence-corrected chi connectivity index (χ3v) is 3.17. The number of anilines is 1. The van der Waals surface area contributed by atoms with Gasteiger partial charge in [0.05, 0.1) is 11.3 Å². The Bertz CT molecular complexity index is 584. The molecule has 0 aliphatic heterocycles. The number of nitrogens with two attached hydrogens (primary N) is 1. The van der Waals surface area contributed by atoms with Gasteiger partial charge < -0.3 is 15.5 Å². The number of nitrogen functional groups attached to an aromatic ring is 1. The third kappa shape index (κ3) is 3.74. The number of halogens is 1. The number of nitrogens with zero attached hydrogens (tertiary/aromatic N) is 1. The molecule has 3 N–H and O–H groups in total. The van der Waals surface area contributed by atoms with Crippen LogP contribution in [0.3, 0.4) is 0 Å². The number of carbonyl (C=O) groups excluding carboxylic acids is 1. The number of hydrogen-bond donors (Lipinski definition) is 2. The van der Waals surface area contributed by atoms with Gasteiger partial charge in [-0.3, -0.25) is 4.79 Å². The molecule has 0 fully saturated rings. The Labute approximate surface area is 122 Å². The number of hydrogen-bond acceptors (Lipinski definition) is 4. The van der Waals surface area contributed by atoms with Crippen LogP contribution in [0.5, 0.6) is 0 Å². The predicted molar refractivity (Wildman–Crippen MR) is 77.6 cm³/mol. The molecule has 1 unspecified atom stereocenters. The smallest absolute Gasteiger partial charge is 0.271 e. The van der Waals surface area contributed by atoms with E-state index in [1.165, 1.54) is 0 Å². The lowest BCUT2D eigenvalue weighted by Crippen LogP contribution is -2.33. The highest BCUT2D eigenvalue weighted by Gasteiger charge is 2.15. The number of aryl methyl sites for hydroxylation is 1. The molecule has 0 saturated heterocycles. The van der Waals surface area contributed by atoms with Gasteiger partial charge in [-0.25, -0.2) is 4.98 Å². The molecule has 20 heavy (non-hydrogen) atoms. The van der Waals surface area contributed by atoms with Gasteiger partial charge in [0, 0.05) is 12.5 Å². The zero-order valence-corrected chi connectivity index (χ0v) is 11.9. The second-order valence-electron chi connectivity index (χ2n) is 4.56. The summed E-state index contributed by atoms with van der Waals surface area (Å²) in [5, 5.41) is 3.13. The molecule has 0 saturated carbocycles. The molecule has 1 amide bonds. The van der Waals surface area contributed by atoms with Crippen LogP contribution in [-0.4, -0.2) is 16.9 Å². The molecule has 0 spiro atoms. The zero-order chi connectivity index (χ0) is 14.5. The van der Waals surface area contributed by atoms with E-state index in [9.17, 15) is 4.79 Å². The van der Waals surface area contributed by atoms with Crippen LogP contribution >= 0.6 is 11.6 Å². The number of carbonyl (C=O) groups is 1. The molecule has 0 radical (unpaired) electrons. The van der Waals surface area contributed by atoms with Crippen LogP contribution in [0.25, 0.3) is 0 Å². The number of aromatic nitrogens is 1. The standard InChI is InChI=1S/C14H16ClN3O2/c1-9(4-5-10-3-2-8-20-10)17-14(19)13-11(15)6-7-12(16)18-13/h2-3,6-9H,4-5H2,1H3,(H2,16,18)(H,17,19). The molecule has 6 heteroatoms. The number of nitrogens with one attached hydrogen (secondary N) is 1. The van der Waals surface area contributed by atoms with Gasteiger partial charge in [0.2, 0.25) is 0 Å². The van der Waals surface area contributed by atoms with Crippen molar-refractivity contribution >= 4 is 23.3 Å². The first-order valence-electron chi connectivity index (χ1n) is 6.31. The van der Waals surface area contributed by atoms with E-state index >= 15 is 0 Å². The Morgan fingerprint density at radius 2 is 2.30 bits per heavy atom. The van der Waals surface area contributed by atoms with E-state index in [2.05, 4.69) is 10.3 Å². The van der Waals surface area contributed by atoms with Crippen LogP contribution in [0.4, 0.5) is 5.82 Å². The molecule has 0 aliphatic carbocycles. The Balaban J connectivity index is 1.91. The number of pyridine rings is 1. The van der Waals surface area contributed by atoms with E-state index < -0.39 is 0 Å². The van der Waals surface area contributed by atoms with E-state index in [0.717, 1.165) is 18.6 Å². The maximum absolute atomic E-state index is 12.1. The molecule has 2 aromatic rings. The van der Waals surface area contributed by atoms with Gasteiger partial charge in [0.25, 0.3) is 5.91 Å². The minimum atomic E-state index is -0.325. The van der Waals surface area contributed by atoms with Crippen molar-refractivity contribution in [2.24, 2.45) is 0 Å². The van der Waals surface area contributed by atoms with E-state index in [1.807, 2.05) is 19.1 Å². The highest BCUT2D eigenvalue weighted by atomic mass is 35.5. The maximum Gasteiger partial charge on any atom is 0.271 e. The van der Waals surface area contributed by atoms with Crippen molar-refractivity contribution in [3.8, 4) is 0 Å². The fourth-order valence-electron chi connectivity index (χ4n) is 1.79. The summed E-state index contributed by atoms with van der Waals surface area (Å²) < 4.78 is 5.25. The summed E-state index contributed by atoms with van der Waals surface area (Å²) in [4.78, 5) is 16.0. The second kappa shape index (κ2) is 6.43. The summed E-state index contributed by atoms with van der Waals surface area (Å²) in [5.41, 5.74) is 5.71. The van der Waals surface area contributed by atoms with Crippen LogP contribution in [-0.2, 0) is 6.42 Å². The summed E-state index contributed by atoms with van der Waals surface area (Å²) in [7, 11) is 0. The summed E-state index contributed by atoms with van der Waals surface area (Å²) in [6.07, 6.45) is 3.15. The van der Waals surface area contributed by atoms with Crippen molar-refractivity contribution in [3.63, 3.8) is 0 Å². The molecular formula is C14H16ClN3O2. The van der Waals surface area contributed by atoms with Gasteiger partial charge in [-0.05, 0) is 37.6 Å². The van der Waals surface area contributed by atoms with E-state index in [1.54, 1.807) is 18.4 Å². The van der Waals surface area contributed by atoms with E-state index in [4.69, 9.17) is 21.8 Å². The van der Waals surface area contributed by atoms with Crippen LogP contribution in [0.2, 0.25) is 5.02 Å². The molecule has 106 valence electrons. The molecular weight excluding hydrogens is 278 g/mol. The van der Waals surface area contributed by atoms with Crippen molar-refractivity contribution in [2.45, 2.75) is 25.8 Å². The molecule has 2 rings (SSSR count). The number of rotatable bonds is 5. The van der Waals surface area contributed by atoms with Gasteiger partial charge in [0.15, 0.2) is 0 Å². The van der Waals surface area contributed by atoms with Gasteiger partial charge in [-0.1, -0.05) is 11.6 Å². The van der Waals surface area contributed by atoms with Gasteiger partial charge in [-0.2, -0.15) is 0 Å². The highest BCUT2D eigenvalue weighted by Crippen LogP contribution is 2.15. The average molecular weight is 294 g/mol. The van der Waals surface area contributed by atoms with Gasteiger partial charge >= 0.3 is 0 Å². The van der Waals surface area contributed by atoms with Crippen molar-refractivity contribution < 1.29 is 9.21 Å². The topological polar surface area (TPSA) is 81.2 Å². The Morgan fingerprint density at radius 3 is 3.00 bits per heavy atom. The molecule has 2 heterocycles. The molecule has 2 aromatic heterocycles. The van der Waals surface area contributed by atoms with Gasteiger partial charge in [0.1, 0.15) is 17.3 Å². The maximum atomic E-state index is 12.1. The lowest BCUT2D eigenvalue weighted by Gasteiger charge is -2.13. The SMILES string of the molecule is CC(CCc1ccco1)NC(=O)c1nc(N)ccc1Cl. The fraction of sp³-hybridized carbons (Fsp3) is 0.286. The van der Waals surface area contributed by atoms with Crippen LogP contribution in [0.1, 0.15) is 29.6 Å². The minimum absolute atomic E-state index is 0.0214. The first-order chi connectivity index (χ1) is 9.56. The summed E-state index contributed by atoms with van der Waals surface area (Å²) in [6, 6.07) is 6.85. The van der Waals surface area contributed by atoms with Crippen molar-refractivity contribution in [3.05, 3.63) is 47.0 Å². The quantitative estimate of drug-likeness (QED) is 0.888. The predicted octanol–water partition coefficient (Wildman–Crippen LogP) is 2.66. The molecule has 0 aromatic carbocycles. The summed E-state index contributed by atoms with van der Waals surface area (Å²) in [5.74, 6) is 0.836. The third-order valence-electron chi connectivity index (χ3n) is 2.86. The highest BCUT2D eigenvalue weighted by molar-refractivity contribution is 6.33. The van der Waals surface area contributed by atoms with E-state index in [-0.39, 0.29) is 28.5 Å². The Kier molecular flexibility index (Phi) is 4.63. The lowest BCUT2D eigenvalue weighted by atomic mass is 10.1. The van der Waals surface area contributed by atoms with Crippen molar-refractivity contribution in [1.29, 1.82) is 0 Å². The summed E-state index contributed by atoms with van der Waals surface area (Å²) in [6.45, 7) is 1.92. The Hall–Kier alpha value is -2.01. The summed E-state index contributed by atoms with van der Waals surface area (Å²) >= 11 is 5.94.